The number of unbranched alkanes of at least 4 members (excludes halogenated alkanes) is 2. The average Bonchev–Trinajstić information content (AvgIpc) is 2.74. The number of benzene rings is 1. The second-order valence-electron chi connectivity index (χ2n) is 4.97. The lowest BCUT2D eigenvalue weighted by Crippen LogP contribution is -2.30. The van der Waals surface area contributed by atoms with Gasteiger partial charge >= 0.3 is 5.97 Å². The van der Waals surface area contributed by atoms with Gasteiger partial charge in [-0.3, -0.25) is 19.3 Å². The van der Waals surface area contributed by atoms with Gasteiger partial charge in [0.25, 0.3) is 11.8 Å². The minimum Gasteiger partial charge on any atom is -0.481 e. The number of amides is 2. The molecule has 0 fully saturated rings. The number of fused-ring (bicyclic) bond motifs is 1. The minimum absolute atomic E-state index is 0.0963. The van der Waals surface area contributed by atoms with Crippen LogP contribution in [0.1, 0.15) is 46.4 Å². The maximum Gasteiger partial charge on any atom is 0.303 e. The van der Waals surface area contributed by atoms with E-state index in [9.17, 15) is 14.4 Å². The summed E-state index contributed by atoms with van der Waals surface area (Å²) in [5.41, 5.74) is 0.671. The van der Waals surface area contributed by atoms with Crippen LogP contribution < -0.4 is 0 Å². The van der Waals surface area contributed by atoms with Crippen LogP contribution in [0.3, 0.4) is 0 Å². The number of hydrogen-bond acceptors (Lipinski definition) is 3. The monoisotopic (exact) mass is 573 g/mol. The normalized spacial score (nSPS) is 13.7. The van der Waals surface area contributed by atoms with Crippen molar-refractivity contribution in [3.05, 3.63) is 29.0 Å². The molecule has 1 aromatic carbocycles. The molecule has 2 amide bonds. The molecule has 1 heterocycles. The van der Waals surface area contributed by atoms with Crippen LogP contribution in [0, 0.1) is 0 Å². The summed E-state index contributed by atoms with van der Waals surface area (Å²) in [5.74, 6) is -1.53. The largest absolute Gasteiger partial charge is 0.481 e. The molecule has 23 heavy (non-hydrogen) atoms. The van der Waals surface area contributed by atoms with Crippen molar-refractivity contribution in [3.8, 4) is 0 Å². The molecule has 1 aromatic rings. The summed E-state index contributed by atoms with van der Waals surface area (Å²) in [7, 11) is 0. The van der Waals surface area contributed by atoms with Crippen LogP contribution in [-0.4, -0.2) is 34.3 Å². The number of hydrogen-bond donors (Lipinski definition) is 1. The van der Waals surface area contributed by atoms with Gasteiger partial charge in [-0.2, -0.15) is 0 Å². The Kier molecular flexibility index (Phi) is 6.43. The molecule has 0 aromatic heterocycles. The zero-order valence-electron chi connectivity index (χ0n) is 11.7. The Morgan fingerprint density at radius 2 is 1.30 bits per heavy atom. The quantitative estimate of drug-likeness (QED) is 0.224. The smallest absolute Gasteiger partial charge is 0.303 e. The number of halogens is 4. The fourth-order valence-electron chi connectivity index (χ4n) is 2.32. The molecule has 0 aliphatic carbocycles. The van der Waals surface area contributed by atoms with Gasteiger partial charge in [0.1, 0.15) is 0 Å². The first-order chi connectivity index (χ1) is 10.8. The van der Waals surface area contributed by atoms with Crippen molar-refractivity contribution in [1.82, 2.24) is 4.90 Å². The van der Waals surface area contributed by atoms with Gasteiger partial charge in [-0.1, -0.05) is 6.42 Å². The number of carboxylic acids is 1. The van der Waals surface area contributed by atoms with E-state index in [-0.39, 0.29) is 24.8 Å². The highest BCUT2D eigenvalue weighted by atomic mass is 79.9. The summed E-state index contributed by atoms with van der Waals surface area (Å²) in [4.78, 5) is 36.8. The lowest BCUT2D eigenvalue weighted by atomic mass is 10.1. The molecule has 0 atom stereocenters. The van der Waals surface area contributed by atoms with E-state index in [4.69, 9.17) is 5.11 Å². The molecule has 1 N–H and O–H groups in total. The van der Waals surface area contributed by atoms with Gasteiger partial charge in [-0.25, -0.2) is 0 Å². The summed E-state index contributed by atoms with van der Waals surface area (Å²) >= 11 is 13.5. The van der Waals surface area contributed by atoms with Crippen LogP contribution in [0.2, 0.25) is 0 Å². The second kappa shape index (κ2) is 7.76. The Morgan fingerprint density at radius 1 is 0.826 bits per heavy atom. The second-order valence-corrected chi connectivity index (χ2v) is 8.14. The molecule has 0 saturated carbocycles. The molecule has 0 radical (unpaired) electrons. The Bertz CT molecular complexity index is 658. The third kappa shape index (κ3) is 3.72. The molecule has 1 aliphatic heterocycles. The predicted octanol–water partition coefficient (Wildman–Crippen LogP) is 4.98. The SMILES string of the molecule is O=C(O)CCCCCN1C(=O)c2c(Br)c(Br)c(Br)c(Br)c2C1=O. The van der Waals surface area contributed by atoms with E-state index in [0.717, 1.165) is 0 Å². The topological polar surface area (TPSA) is 74.7 Å². The number of carbonyl (C=O) groups is 3. The third-order valence-corrected chi connectivity index (χ3v) is 8.23. The Balaban J connectivity index is 2.17. The van der Waals surface area contributed by atoms with Crippen LogP contribution in [-0.2, 0) is 4.79 Å². The maximum absolute atomic E-state index is 12.5. The molecule has 0 saturated heterocycles. The molecular formula is C14H11Br4NO4. The van der Waals surface area contributed by atoms with E-state index in [1.807, 2.05) is 0 Å². The number of carboxylic acid groups (broad SMARTS) is 1. The lowest BCUT2D eigenvalue weighted by Gasteiger charge is -2.13. The molecule has 9 heteroatoms. The standard InChI is InChI=1S/C14H11Br4NO4/c15-9-7-8(10(16)12(18)11(9)17)14(23)19(13(7)22)5-3-1-2-4-6(20)21/h1-5H2,(H,20,21). The van der Waals surface area contributed by atoms with Gasteiger partial charge in [0.05, 0.1) is 11.1 Å². The molecule has 1 aliphatic rings. The summed E-state index contributed by atoms with van der Waals surface area (Å²) in [6.07, 6.45) is 1.86. The average molecular weight is 577 g/mol. The van der Waals surface area contributed by atoms with Crippen LogP contribution in [0.15, 0.2) is 17.9 Å². The van der Waals surface area contributed by atoms with Crippen LogP contribution in [0.25, 0.3) is 0 Å². The van der Waals surface area contributed by atoms with Crippen LogP contribution in [0.5, 0.6) is 0 Å². The molecular weight excluding hydrogens is 566 g/mol. The summed E-state index contributed by atoms with van der Waals surface area (Å²) in [6, 6.07) is 0. The first-order valence-corrected chi connectivity index (χ1v) is 9.88. The molecule has 0 unspecified atom stereocenters. The van der Waals surface area contributed by atoms with Crippen LogP contribution >= 0.6 is 63.7 Å². The Morgan fingerprint density at radius 3 is 1.74 bits per heavy atom. The van der Waals surface area contributed by atoms with Crippen molar-refractivity contribution >= 4 is 81.5 Å². The van der Waals surface area contributed by atoms with Gasteiger partial charge in [0, 0.05) is 30.9 Å². The zero-order valence-corrected chi connectivity index (χ0v) is 18.0. The number of carbonyl (C=O) groups excluding carboxylic acids is 2. The fraction of sp³-hybridized carbons (Fsp3) is 0.357. The highest BCUT2D eigenvalue weighted by Crippen LogP contribution is 2.45. The van der Waals surface area contributed by atoms with Gasteiger partial charge < -0.3 is 5.11 Å². The first kappa shape index (κ1) is 19.1. The molecule has 5 nitrogen and oxygen atoms in total. The van der Waals surface area contributed by atoms with E-state index in [1.165, 1.54) is 4.90 Å². The van der Waals surface area contributed by atoms with Gasteiger partial charge in [0.15, 0.2) is 0 Å². The van der Waals surface area contributed by atoms with Crippen molar-refractivity contribution in [2.75, 3.05) is 6.54 Å². The van der Waals surface area contributed by atoms with Crippen molar-refractivity contribution in [3.63, 3.8) is 0 Å². The number of imide groups is 1. The predicted molar refractivity (Wildman–Crippen MR) is 98.7 cm³/mol. The van der Waals surface area contributed by atoms with Crippen molar-refractivity contribution in [1.29, 1.82) is 0 Å². The molecule has 0 spiro atoms. The number of aliphatic carboxylic acids is 1. The van der Waals surface area contributed by atoms with E-state index in [2.05, 4.69) is 63.7 Å². The molecule has 2 rings (SSSR count). The van der Waals surface area contributed by atoms with Crippen LogP contribution in [0.4, 0.5) is 0 Å². The summed E-state index contributed by atoms with van der Waals surface area (Å²) in [5, 5.41) is 8.60. The highest BCUT2D eigenvalue weighted by Gasteiger charge is 2.40. The maximum atomic E-state index is 12.5. The Labute approximate surface area is 166 Å². The van der Waals surface area contributed by atoms with Gasteiger partial charge in [-0.05, 0) is 76.6 Å². The Hall–Kier alpha value is -0.250. The molecule has 0 bridgehead atoms. The zero-order chi connectivity index (χ0) is 17.3. The lowest BCUT2D eigenvalue weighted by molar-refractivity contribution is -0.137. The van der Waals surface area contributed by atoms with Crippen molar-refractivity contribution in [2.45, 2.75) is 25.7 Å². The first-order valence-electron chi connectivity index (χ1n) is 6.71. The third-order valence-electron chi connectivity index (χ3n) is 3.46. The van der Waals surface area contributed by atoms with E-state index >= 15 is 0 Å². The molecule has 124 valence electrons. The minimum atomic E-state index is -0.840. The van der Waals surface area contributed by atoms with E-state index < -0.39 is 5.97 Å². The van der Waals surface area contributed by atoms with Crippen molar-refractivity contribution < 1.29 is 19.5 Å². The number of rotatable bonds is 6. The number of nitrogens with zero attached hydrogens (tertiary/aromatic N) is 1. The van der Waals surface area contributed by atoms with Crippen molar-refractivity contribution in [2.24, 2.45) is 0 Å². The van der Waals surface area contributed by atoms with Gasteiger partial charge in [-0.15, -0.1) is 0 Å². The summed E-state index contributed by atoms with van der Waals surface area (Å²) < 4.78 is 2.39. The van der Waals surface area contributed by atoms with E-state index in [0.29, 0.717) is 48.3 Å². The summed E-state index contributed by atoms with van der Waals surface area (Å²) in [6.45, 7) is 0.278. The van der Waals surface area contributed by atoms with E-state index in [1.54, 1.807) is 0 Å². The van der Waals surface area contributed by atoms with Gasteiger partial charge in [0.2, 0.25) is 0 Å². The fourth-order valence-corrected chi connectivity index (χ4v) is 4.78. The highest BCUT2D eigenvalue weighted by molar-refractivity contribution is 9.15.